The minimum Gasteiger partial charge on any atom is -0.376 e. The molecule has 0 atom stereocenters. The summed E-state index contributed by atoms with van der Waals surface area (Å²) in [5.41, 5.74) is 2.62. The highest BCUT2D eigenvalue weighted by Gasteiger charge is 2.20. The topological polar surface area (TPSA) is 41.6 Å². The molecule has 0 saturated carbocycles. The molecule has 0 saturated heterocycles. The SMILES string of the molecule is CON(C)C(=O)c1ccc2c(c1)C=CC(C)(C)N2. The van der Waals surface area contributed by atoms with Crippen LogP contribution in [-0.4, -0.2) is 30.7 Å². The minimum atomic E-state index is -0.154. The second-order valence-electron chi connectivity index (χ2n) is 4.97. The van der Waals surface area contributed by atoms with Crippen molar-refractivity contribution in [2.75, 3.05) is 19.5 Å². The number of rotatable bonds is 2. The van der Waals surface area contributed by atoms with Crippen molar-refractivity contribution in [1.29, 1.82) is 0 Å². The Hall–Kier alpha value is -1.81. The number of amides is 1. The van der Waals surface area contributed by atoms with Crippen molar-refractivity contribution in [3.8, 4) is 0 Å². The highest BCUT2D eigenvalue weighted by Crippen LogP contribution is 2.28. The summed E-state index contributed by atoms with van der Waals surface area (Å²) < 4.78 is 0. The summed E-state index contributed by atoms with van der Waals surface area (Å²) in [6, 6.07) is 5.60. The van der Waals surface area contributed by atoms with Crippen LogP contribution in [0.3, 0.4) is 0 Å². The van der Waals surface area contributed by atoms with Gasteiger partial charge in [-0.3, -0.25) is 9.63 Å². The van der Waals surface area contributed by atoms with Gasteiger partial charge in [0.2, 0.25) is 0 Å². The largest absolute Gasteiger partial charge is 0.376 e. The number of nitrogens with zero attached hydrogens (tertiary/aromatic N) is 1. The van der Waals surface area contributed by atoms with Crippen LogP contribution < -0.4 is 5.32 Å². The standard InChI is InChI=1S/C14H18N2O2/c1-14(2)8-7-10-9-11(5-6-12(10)15-14)13(17)16(3)18-4/h5-9,15H,1-4H3. The molecule has 0 aliphatic carbocycles. The fourth-order valence-electron chi connectivity index (χ4n) is 1.90. The van der Waals surface area contributed by atoms with E-state index in [2.05, 4.69) is 25.2 Å². The third-order valence-corrected chi connectivity index (χ3v) is 2.99. The molecular formula is C14H18N2O2. The Morgan fingerprint density at radius 3 is 2.78 bits per heavy atom. The van der Waals surface area contributed by atoms with E-state index in [4.69, 9.17) is 4.84 Å². The van der Waals surface area contributed by atoms with E-state index < -0.39 is 0 Å². The molecule has 1 amide bonds. The molecule has 0 unspecified atom stereocenters. The predicted molar refractivity (Wildman–Crippen MR) is 72.3 cm³/mol. The van der Waals surface area contributed by atoms with Crippen molar-refractivity contribution in [2.45, 2.75) is 19.4 Å². The maximum atomic E-state index is 11.9. The van der Waals surface area contributed by atoms with Crippen LogP contribution in [0, 0.1) is 0 Å². The van der Waals surface area contributed by atoms with Crippen LogP contribution in [0.1, 0.15) is 29.8 Å². The van der Waals surface area contributed by atoms with Gasteiger partial charge in [-0.05, 0) is 37.6 Å². The molecule has 0 spiro atoms. The Balaban J connectivity index is 2.32. The molecule has 1 N–H and O–H groups in total. The molecule has 0 bridgehead atoms. The zero-order chi connectivity index (χ0) is 13.3. The highest BCUT2D eigenvalue weighted by atomic mass is 16.7. The van der Waals surface area contributed by atoms with Gasteiger partial charge in [-0.1, -0.05) is 12.2 Å². The maximum Gasteiger partial charge on any atom is 0.277 e. The van der Waals surface area contributed by atoms with E-state index in [0.717, 1.165) is 11.3 Å². The summed E-state index contributed by atoms with van der Waals surface area (Å²) in [6.07, 6.45) is 4.12. The number of hydrogen-bond donors (Lipinski definition) is 1. The first-order chi connectivity index (χ1) is 8.43. The van der Waals surface area contributed by atoms with Gasteiger partial charge in [0, 0.05) is 18.3 Å². The first-order valence-electron chi connectivity index (χ1n) is 5.86. The van der Waals surface area contributed by atoms with Gasteiger partial charge in [0.1, 0.15) is 0 Å². The molecular weight excluding hydrogens is 228 g/mol. The maximum absolute atomic E-state index is 11.9. The molecule has 0 aromatic heterocycles. The van der Waals surface area contributed by atoms with Gasteiger partial charge in [0.15, 0.2) is 0 Å². The summed E-state index contributed by atoms with van der Waals surface area (Å²) >= 11 is 0. The Morgan fingerprint density at radius 1 is 1.39 bits per heavy atom. The van der Waals surface area contributed by atoms with Crippen LogP contribution in [0.4, 0.5) is 5.69 Å². The zero-order valence-electron chi connectivity index (χ0n) is 11.2. The van der Waals surface area contributed by atoms with Crippen LogP contribution in [0.25, 0.3) is 6.08 Å². The number of benzene rings is 1. The summed E-state index contributed by atoms with van der Waals surface area (Å²) in [7, 11) is 3.07. The lowest BCUT2D eigenvalue weighted by molar-refractivity contribution is -0.0756. The molecule has 18 heavy (non-hydrogen) atoms. The van der Waals surface area contributed by atoms with Gasteiger partial charge in [-0.25, -0.2) is 5.06 Å². The average Bonchev–Trinajstić information content (AvgIpc) is 2.35. The van der Waals surface area contributed by atoms with E-state index in [0.29, 0.717) is 5.56 Å². The lowest BCUT2D eigenvalue weighted by Gasteiger charge is -2.29. The molecule has 1 aromatic carbocycles. The van der Waals surface area contributed by atoms with E-state index in [1.54, 1.807) is 13.1 Å². The molecule has 2 rings (SSSR count). The molecule has 4 nitrogen and oxygen atoms in total. The summed E-state index contributed by atoms with van der Waals surface area (Å²) in [5, 5.41) is 4.62. The van der Waals surface area contributed by atoms with Gasteiger partial charge in [-0.15, -0.1) is 0 Å². The third kappa shape index (κ3) is 2.38. The lowest BCUT2D eigenvalue weighted by atomic mass is 9.95. The molecule has 96 valence electrons. The van der Waals surface area contributed by atoms with Crippen LogP contribution in [-0.2, 0) is 4.84 Å². The van der Waals surface area contributed by atoms with Crippen molar-refractivity contribution < 1.29 is 9.63 Å². The van der Waals surface area contributed by atoms with E-state index in [-0.39, 0.29) is 11.4 Å². The Morgan fingerprint density at radius 2 is 2.11 bits per heavy atom. The molecule has 1 aliphatic rings. The predicted octanol–water partition coefficient (Wildman–Crippen LogP) is 2.54. The van der Waals surface area contributed by atoms with Crippen molar-refractivity contribution in [2.24, 2.45) is 0 Å². The second kappa shape index (κ2) is 4.46. The molecule has 1 aromatic rings. The van der Waals surface area contributed by atoms with Crippen LogP contribution in [0.5, 0.6) is 0 Å². The third-order valence-electron chi connectivity index (χ3n) is 2.99. The number of fused-ring (bicyclic) bond motifs is 1. The first-order valence-corrected chi connectivity index (χ1v) is 5.86. The van der Waals surface area contributed by atoms with Gasteiger partial charge < -0.3 is 5.32 Å². The Bertz CT molecular complexity index is 507. The second-order valence-corrected chi connectivity index (χ2v) is 4.97. The Kier molecular flexibility index (Phi) is 3.13. The molecule has 1 aliphatic heterocycles. The number of carbonyl (C=O) groups is 1. The number of anilines is 1. The summed E-state index contributed by atoms with van der Waals surface area (Å²) in [4.78, 5) is 16.8. The molecule has 0 fully saturated rings. The van der Waals surface area contributed by atoms with Gasteiger partial charge in [0.25, 0.3) is 5.91 Å². The Labute approximate surface area is 107 Å². The number of carbonyl (C=O) groups excluding carboxylic acids is 1. The lowest BCUT2D eigenvalue weighted by Crippen LogP contribution is -2.30. The molecule has 4 heteroatoms. The molecule has 1 heterocycles. The van der Waals surface area contributed by atoms with Crippen molar-refractivity contribution >= 4 is 17.7 Å². The van der Waals surface area contributed by atoms with E-state index >= 15 is 0 Å². The smallest absolute Gasteiger partial charge is 0.277 e. The van der Waals surface area contributed by atoms with Gasteiger partial charge in [0.05, 0.1) is 12.6 Å². The number of hydroxylamine groups is 2. The average molecular weight is 246 g/mol. The van der Waals surface area contributed by atoms with E-state index in [1.165, 1.54) is 12.2 Å². The van der Waals surface area contributed by atoms with Crippen LogP contribution >= 0.6 is 0 Å². The van der Waals surface area contributed by atoms with Crippen molar-refractivity contribution in [3.05, 3.63) is 35.4 Å². The highest BCUT2D eigenvalue weighted by molar-refractivity contribution is 5.95. The van der Waals surface area contributed by atoms with Gasteiger partial charge >= 0.3 is 0 Å². The van der Waals surface area contributed by atoms with E-state index in [9.17, 15) is 4.79 Å². The minimum absolute atomic E-state index is 0.0537. The normalized spacial score (nSPS) is 15.8. The first kappa shape index (κ1) is 12.6. The summed E-state index contributed by atoms with van der Waals surface area (Å²) in [5.74, 6) is -0.154. The zero-order valence-corrected chi connectivity index (χ0v) is 11.2. The van der Waals surface area contributed by atoms with E-state index in [1.807, 2.05) is 18.2 Å². The van der Waals surface area contributed by atoms with Crippen LogP contribution in [0.2, 0.25) is 0 Å². The van der Waals surface area contributed by atoms with Gasteiger partial charge in [-0.2, -0.15) is 0 Å². The van der Waals surface area contributed by atoms with Crippen LogP contribution in [0.15, 0.2) is 24.3 Å². The number of hydrogen-bond acceptors (Lipinski definition) is 3. The monoisotopic (exact) mass is 246 g/mol. The molecule has 0 radical (unpaired) electrons. The fraction of sp³-hybridized carbons (Fsp3) is 0.357. The van der Waals surface area contributed by atoms with Crippen molar-refractivity contribution in [3.63, 3.8) is 0 Å². The number of nitrogens with one attached hydrogen (secondary N) is 1. The fourth-order valence-corrected chi connectivity index (χ4v) is 1.90. The summed E-state index contributed by atoms with van der Waals surface area (Å²) in [6.45, 7) is 4.20. The quantitative estimate of drug-likeness (QED) is 0.815. The van der Waals surface area contributed by atoms with Crippen molar-refractivity contribution in [1.82, 2.24) is 5.06 Å².